The Labute approximate surface area is 167 Å². The smallest absolute Gasteiger partial charge is 0.429 e. The summed E-state index contributed by atoms with van der Waals surface area (Å²) in [6, 6.07) is 1.49. The Morgan fingerprint density at radius 1 is 0.967 bits per heavy atom. The molecule has 164 valence electrons. The first-order valence-electron chi connectivity index (χ1n) is 9.10. The maximum atomic E-state index is 14.4. The minimum atomic E-state index is -4.65. The highest BCUT2D eigenvalue weighted by Gasteiger charge is 2.42. The van der Waals surface area contributed by atoms with E-state index in [-0.39, 0.29) is 30.4 Å². The van der Waals surface area contributed by atoms with Crippen LogP contribution < -0.4 is 4.74 Å². The normalized spacial score (nSPS) is 19.7. The molecule has 2 atom stereocenters. The van der Waals surface area contributed by atoms with Crippen LogP contribution in [0.2, 0.25) is 0 Å². The van der Waals surface area contributed by atoms with Gasteiger partial charge in [-0.25, -0.2) is 22.0 Å². The second-order valence-electron chi connectivity index (χ2n) is 6.72. The molecule has 2 aromatic carbocycles. The van der Waals surface area contributed by atoms with Gasteiger partial charge in [-0.05, 0) is 25.0 Å². The lowest BCUT2D eigenvalue weighted by Crippen LogP contribution is -2.28. The summed E-state index contributed by atoms with van der Waals surface area (Å²) < 4.78 is 112. The average molecular weight is 438 g/mol. The van der Waals surface area contributed by atoms with Crippen molar-refractivity contribution in [3.8, 4) is 5.75 Å². The molecule has 1 aliphatic heterocycles. The lowest BCUT2D eigenvalue weighted by Gasteiger charge is -2.30. The van der Waals surface area contributed by atoms with Crippen molar-refractivity contribution >= 4 is 0 Å². The van der Waals surface area contributed by atoms with E-state index in [9.17, 15) is 30.7 Å². The number of hydrogen-bond donors (Lipinski definition) is 0. The predicted octanol–water partition coefficient (Wildman–Crippen LogP) is 6.11. The molecule has 0 aromatic heterocycles. The highest BCUT2D eigenvalue weighted by molar-refractivity contribution is 5.32. The molecule has 0 bridgehead atoms. The molecule has 0 N–H and O–H groups in total. The van der Waals surface area contributed by atoms with E-state index in [0.717, 1.165) is 6.42 Å². The fourth-order valence-corrected chi connectivity index (χ4v) is 3.09. The standard InChI is InChI=1S/C20H17F7O3/c1-2-3-11-4-5-28-19(29-11)10-6-13(21)17(14(22)7-10)20(26,27)30-12-8-15(23)18(25)16(24)9-12/h6-9,11,19H,2-5H2,1H3. The van der Waals surface area contributed by atoms with Gasteiger partial charge in [0.15, 0.2) is 23.7 Å². The molecule has 1 heterocycles. The van der Waals surface area contributed by atoms with Crippen molar-refractivity contribution in [3.05, 3.63) is 64.5 Å². The van der Waals surface area contributed by atoms with Gasteiger partial charge in [0.1, 0.15) is 22.9 Å². The molecule has 10 heteroatoms. The van der Waals surface area contributed by atoms with Gasteiger partial charge in [-0.1, -0.05) is 13.3 Å². The van der Waals surface area contributed by atoms with E-state index < -0.39 is 52.8 Å². The topological polar surface area (TPSA) is 27.7 Å². The Hall–Kier alpha value is -2.33. The van der Waals surface area contributed by atoms with E-state index in [2.05, 4.69) is 4.74 Å². The van der Waals surface area contributed by atoms with Crippen LogP contribution in [0.1, 0.15) is 43.6 Å². The van der Waals surface area contributed by atoms with Gasteiger partial charge < -0.3 is 14.2 Å². The van der Waals surface area contributed by atoms with Gasteiger partial charge in [0.25, 0.3) is 0 Å². The average Bonchev–Trinajstić information content (AvgIpc) is 2.65. The summed E-state index contributed by atoms with van der Waals surface area (Å²) in [7, 11) is 0. The summed E-state index contributed by atoms with van der Waals surface area (Å²) in [4.78, 5) is 0. The first-order valence-corrected chi connectivity index (χ1v) is 9.10. The van der Waals surface area contributed by atoms with Crippen LogP contribution in [0.4, 0.5) is 30.7 Å². The van der Waals surface area contributed by atoms with Crippen molar-refractivity contribution in [2.24, 2.45) is 0 Å². The molecule has 2 unspecified atom stereocenters. The summed E-state index contributed by atoms with van der Waals surface area (Å²) in [5, 5.41) is 0. The minimum absolute atomic E-state index is 0.133. The van der Waals surface area contributed by atoms with Crippen LogP contribution in [-0.2, 0) is 15.6 Å². The molecule has 30 heavy (non-hydrogen) atoms. The maximum Gasteiger partial charge on any atom is 0.432 e. The highest BCUT2D eigenvalue weighted by Crippen LogP contribution is 2.38. The molecule has 3 rings (SSSR count). The Morgan fingerprint density at radius 3 is 2.13 bits per heavy atom. The number of rotatable bonds is 6. The van der Waals surface area contributed by atoms with Gasteiger partial charge in [-0.15, -0.1) is 0 Å². The molecule has 0 aliphatic carbocycles. The van der Waals surface area contributed by atoms with Crippen molar-refractivity contribution in [3.63, 3.8) is 0 Å². The molecule has 0 spiro atoms. The van der Waals surface area contributed by atoms with Crippen LogP contribution in [0.3, 0.4) is 0 Å². The van der Waals surface area contributed by atoms with Crippen molar-refractivity contribution < 1.29 is 44.9 Å². The Bertz CT molecular complexity index is 871. The molecule has 1 saturated heterocycles. The molecular weight excluding hydrogens is 421 g/mol. The van der Waals surface area contributed by atoms with E-state index in [1.165, 1.54) is 0 Å². The zero-order valence-corrected chi connectivity index (χ0v) is 15.7. The SMILES string of the molecule is CCCC1CCOC(c2cc(F)c(C(F)(F)Oc3cc(F)c(F)c(F)c3)c(F)c2)O1. The number of alkyl halides is 2. The minimum Gasteiger partial charge on any atom is -0.429 e. The Kier molecular flexibility index (Phi) is 6.56. The van der Waals surface area contributed by atoms with E-state index in [4.69, 9.17) is 9.47 Å². The zero-order chi connectivity index (χ0) is 22.1. The lowest BCUT2D eigenvalue weighted by molar-refractivity contribution is -0.218. The number of benzene rings is 2. The van der Waals surface area contributed by atoms with Gasteiger partial charge in [0, 0.05) is 17.7 Å². The quantitative estimate of drug-likeness (QED) is 0.402. The maximum absolute atomic E-state index is 14.4. The molecule has 0 radical (unpaired) electrons. The van der Waals surface area contributed by atoms with Crippen LogP contribution in [0, 0.1) is 29.1 Å². The van der Waals surface area contributed by atoms with Crippen molar-refractivity contribution in [1.82, 2.24) is 0 Å². The van der Waals surface area contributed by atoms with Gasteiger partial charge in [-0.3, -0.25) is 0 Å². The molecule has 1 aliphatic rings. The van der Waals surface area contributed by atoms with Crippen molar-refractivity contribution in [2.75, 3.05) is 6.61 Å². The molecule has 1 fully saturated rings. The Morgan fingerprint density at radius 2 is 1.57 bits per heavy atom. The number of halogens is 7. The van der Waals surface area contributed by atoms with E-state index in [1.807, 2.05) is 6.92 Å². The summed E-state index contributed by atoms with van der Waals surface area (Å²) >= 11 is 0. The van der Waals surface area contributed by atoms with E-state index in [1.54, 1.807) is 0 Å². The number of ether oxygens (including phenoxy) is 3. The third-order valence-corrected chi connectivity index (χ3v) is 4.47. The van der Waals surface area contributed by atoms with Crippen LogP contribution in [0.15, 0.2) is 24.3 Å². The van der Waals surface area contributed by atoms with Crippen molar-refractivity contribution in [2.45, 2.75) is 44.7 Å². The predicted molar refractivity (Wildman–Crippen MR) is 90.3 cm³/mol. The Balaban J connectivity index is 1.87. The lowest BCUT2D eigenvalue weighted by atomic mass is 10.1. The molecule has 3 nitrogen and oxygen atoms in total. The van der Waals surface area contributed by atoms with Gasteiger partial charge in [-0.2, -0.15) is 8.78 Å². The van der Waals surface area contributed by atoms with Gasteiger partial charge in [0.2, 0.25) is 0 Å². The second kappa shape index (κ2) is 8.81. The first-order chi connectivity index (χ1) is 14.1. The molecule has 2 aromatic rings. The van der Waals surface area contributed by atoms with Gasteiger partial charge in [0.05, 0.1) is 12.7 Å². The van der Waals surface area contributed by atoms with E-state index in [0.29, 0.717) is 25.0 Å². The molecule has 0 amide bonds. The first kappa shape index (κ1) is 22.4. The summed E-state index contributed by atoms with van der Waals surface area (Å²) in [6.45, 7) is 2.20. The summed E-state index contributed by atoms with van der Waals surface area (Å²) in [5.41, 5.74) is -1.93. The zero-order valence-electron chi connectivity index (χ0n) is 15.7. The third-order valence-electron chi connectivity index (χ3n) is 4.47. The number of hydrogen-bond acceptors (Lipinski definition) is 3. The van der Waals surface area contributed by atoms with E-state index >= 15 is 0 Å². The summed E-state index contributed by atoms with van der Waals surface area (Å²) in [6.07, 6.45) is -3.89. The van der Waals surface area contributed by atoms with Crippen molar-refractivity contribution in [1.29, 1.82) is 0 Å². The van der Waals surface area contributed by atoms with Crippen LogP contribution >= 0.6 is 0 Å². The van der Waals surface area contributed by atoms with Crippen LogP contribution in [0.25, 0.3) is 0 Å². The summed E-state index contributed by atoms with van der Waals surface area (Å²) in [5.74, 6) is -10.0. The van der Waals surface area contributed by atoms with Crippen LogP contribution in [0.5, 0.6) is 5.75 Å². The second-order valence-corrected chi connectivity index (χ2v) is 6.72. The fourth-order valence-electron chi connectivity index (χ4n) is 3.09. The molecular formula is C20H17F7O3. The van der Waals surface area contributed by atoms with Crippen LogP contribution in [-0.4, -0.2) is 12.7 Å². The van der Waals surface area contributed by atoms with Gasteiger partial charge >= 0.3 is 6.11 Å². The largest absolute Gasteiger partial charge is 0.432 e. The monoisotopic (exact) mass is 438 g/mol. The third kappa shape index (κ3) is 4.70. The molecule has 0 saturated carbocycles. The highest BCUT2D eigenvalue weighted by atomic mass is 19.3. The fraction of sp³-hybridized carbons (Fsp3) is 0.400.